The number of amides is 2. The van der Waals surface area contributed by atoms with E-state index >= 15 is 0 Å². The van der Waals surface area contributed by atoms with Crippen LogP contribution in [0.25, 0.3) is 0 Å². The van der Waals surface area contributed by atoms with Crippen LogP contribution in [0.3, 0.4) is 0 Å². The molecule has 0 spiro atoms. The second-order valence-electron chi connectivity index (χ2n) is 5.72. The summed E-state index contributed by atoms with van der Waals surface area (Å²) in [7, 11) is 0. The molecule has 3 atom stereocenters. The smallest absolute Gasteiger partial charge is 0.240 e. The van der Waals surface area contributed by atoms with Gasteiger partial charge in [-0.05, 0) is 11.6 Å². The lowest BCUT2D eigenvalue weighted by Crippen LogP contribution is -2.44. The number of benzene rings is 1. The Balaban J connectivity index is 1.71. The lowest BCUT2D eigenvalue weighted by Gasteiger charge is -2.23. The molecule has 0 bridgehead atoms. The monoisotopic (exact) mass is 289 g/mol. The first-order valence-electron chi connectivity index (χ1n) is 7.16. The Kier molecular flexibility index (Phi) is 3.55. The number of aliphatic hydroxyl groups is 1. The molecule has 112 valence electrons. The fourth-order valence-electron chi connectivity index (χ4n) is 3.23. The average Bonchev–Trinajstić information content (AvgIpc) is 3.03. The first-order chi connectivity index (χ1) is 10.1. The lowest BCUT2D eigenvalue weighted by atomic mass is 9.97. The largest absolute Gasteiger partial charge is 0.391 e. The van der Waals surface area contributed by atoms with Crippen LogP contribution in [0.1, 0.15) is 24.3 Å². The van der Waals surface area contributed by atoms with Crippen molar-refractivity contribution in [1.82, 2.24) is 4.90 Å². The number of β-amino-alcohol motifs (C(OH)–C–C–N with tert-alkyl or cyclic N) is 1. The molecule has 2 aliphatic rings. The molecule has 3 rings (SSSR count). The quantitative estimate of drug-likeness (QED) is 0.731. The Hall–Kier alpha value is -2.08. The van der Waals surface area contributed by atoms with Gasteiger partial charge in [0.05, 0.1) is 6.10 Å². The van der Waals surface area contributed by atoms with Crippen LogP contribution in [0.2, 0.25) is 0 Å². The van der Waals surface area contributed by atoms with Gasteiger partial charge in [-0.1, -0.05) is 18.2 Å². The summed E-state index contributed by atoms with van der Waals surface area (Å²) >= 11 is 0. The topological polar surface area (TPSA) is 95.7 Å². The molecular weight excluding hydrogens is 270 g/mol. The molecule has 0 aromatic heterocycles. The maximum atomic E-state index is 12.5. The van der Waals surface area contributed by atoms with Crippen LogP contribution in [0.4, 0.5) is 5.69 Å². The number of nitrogens with one attached hydrogen (secondary N) is 1. The molecule has 21 heavy (non-hydrogen) atoms. The Labute approximate surface area is 122 Å². The molecule has 6 nitrogen and oxygen atoms in total. The zero-order chi connectivity index (χ0) is 15.0. The van der Waals surface area contributed by atoms with E-state index in [-0.39, 0.29) is 24.8 Å². The molecule has 4 N–H and O–H groups in total. The number of aliphatic hydroxyl groups excluding tert-OH is 1. The van der Waals surface area contributed by atoms with Gasteiger partial charge in [0, 0.05) is 37.5 Å². The molecule has 2 aliphatic heterocycles. The van der Waals surface area contributed by atoms with Crippen molar-refractivity contribution >= 4 is 17.5 Å². The average molecular weight is 289 g/mol. The Morgan fingerprint density at radius 1 is 1.38 bits per heavy atom. The number of para-hydroxylation sites is 1. The highest BCUT2D eigenvalue weighted by Crippen LogP contribution is 2.34. The van der Waals surface area contributed by atoms with Gasteiger partial charge in [0.1, 0.15) is 6.04 Å². The fraction of sp³-hybridized carbons (Fsp3) is 0.467. The van der Waals surface area contributed by atoms with Gasteiger partial charge in [-0.25, -0.2) is 0 Å². The molecule has 6 heteroatoms. The van der Waals surface area contributed by atoms with Crippen molar-refractivity contribution in [3.8, 4) is 0 Å². The lowest BCUT2D eigenvalue weighted by molar-refractivity contribution is -0.137. The maximum absolute atomic E-state index is 12.5. The summed E-state index contributed by atoms with van der Waals surface area (Å²) in [5, 5.41) is 12.9. The predicted molar refractivity (Wildman–Crippen MR) is 77.6 cm³/mol. The number of likely N-dealkylation sites (tertiary alicyclic amines) is 1. The molecule has 3 unspecified atom stereocenters. The minimum Gasteiger partial charge on any atom is -0.391 e. The highest BCUT2D eigenvalue weighted by atomic mass is 16.3. The Morgan fingerprint density at radius 3 is 2.90 bits per heavy atom. The van der Waals surface area contributed by atoms with Crippen molar-refractivity contribution in [2.24, 2.45) is 5.73 Å². The highest BCUT2D eigenvalue weighted by Gasteiger charge is 2.38. The summed E-state index contributed by atoms with van der Waals surface area (Å²) in [5.41, 5.74) is 7.50. The number of rotatable bonds is 3. The van der Waals surface area contributed by atoms with Crippen LogP contribution in [0.15, 0.2) is 24.3 Å². The molecule has 0 aliphatic carbocycles. The molecule has 1 aromatic rings. The fourth-order valence-corrected chi connectivity index (χ4v) is 3.23. The number of hydrogen-bond donors (Lipinski definition) is 3. The maximum Gasteiger partial charge on any atom is 0.240 e. The van der Waals surface area contributed by atoms with E-state index < -0.39 is 18.1 Å². The van der Waals surface area contributed by atoms with E-state index in [0.29, 0.717) is 13.0 Å². The van der Waals surface area contributed by atoms with Crippen molar-refractivity contribution in [3.05, 3.63) is 29.8 Å². The highest BCUT2D eigenvalue weighted by molar-refractivity contribution is 5.88. The predicted octanol–water partition coefficient (Wildman–Crippen LogP) is 0.0329. The third-order valence-corrected chi connectivity index (χ3v) is 4.29. The van der Waals surface area contributed by atoms with Gasteiger partial charge in [-0.3, -0.25) is 9.59 Å². The third-order valence-electron chi connectivity index (χ3n) is 4.29. The first kappa shape index (κ1) is 13.9. The Morgan fingerprint density at radius 2 is 2.14 bits per heavy atom. The van der Waals surface area contributed by atoms with E-state index in [1.54, 1.807) is 0 Å². The number of nitrogens with two attached hydrogens (primary N) is 1. The number of nitrogens with zero attached hydrogens (tertiary/aromatic N) is 1. The van der Waals surface area contributed by atoms with Crippen LogP contribution in [0, 0.1) is 0 Å². The second-order valence-corrected chi connectivity index (χ2v) is 5.72. The van der Waals surface area contributed by atoms with Crippen LogP contribution in [0.5, 0.6) is 0 Å². The van der Waals surface area contributed by atoms with Crippen molar-refractivity contribution in [3.63, 3.8) is 0 Å². The van der Waals surface area contributed by atoms with E-state index in [1.807, 2.05) is 24.3 Å². The van der Waals surface area contributed by atoms with Gasteiger partial charge in [0.25, 0.3) is 0 Å². The summed E-state index contributed by atoms with van der Waals surface area (Å²) in [4.78, 5) is 25.3. The van der Waals surface area contributed by atoms with Crippen molar-refractivity contribution in [2.75, 3.05) is 18.4 Å². The molecule has 1 saturated heterocycles. The number of fused-ring (bicyclic) bond motifs is 1. The van der Waals surface area contributed by atoms with E-state index in [4.69, 9.17) is 5.73 Å². The number of carbonyl (C=O) groups excluding carboxylic acids is 2. The van der Waals surface area contributed by atoms with Crippen LogP contribution >= 0.6 is 0 Å². The van der Waals surface area contributed by atoms with E-state index in [0.717, 1.165) is 11.3 Å². The first-order valence-corrected chi connectivity index (χ1v) is 7.16. The van der Waals surface area contributed by atoms with E-state index in [1.165, 1.54) is 4.90 Å². The summed E-state index contributed by atoms with van der Waals surface area (Å²) in [6.07, 6.45) is -0.110. The van der Waals surface area contributed by atoms with Gasteiger partial charge in [0.15, 0.2) is 0 Å². The summed E-state index contributed by atoms with van der Waals surface area (Å²) in [6.45, 7) is 0.900. The number of carbonyl (C=O) groups is 2. The second kappa shape index (κ2) is 5.37. The van der Waals surface area contributed by atoms with E-state index in [9.17, 15) is 14.7 Å². The van der Waals surface area contributed by atoms with Crippen LogP contribution in [-0.4, -0.2) is 47.1 Å². The molecular formula is C15H19N3O3. The molecule has 0 radical (unpaired) electrons. The Bertz CT molecular complexity index is 575. The summed E-state index contributed by atoms with van der Waals surface area (Å²) in [6, 6.07) is 7.23. The summed E-state index contributed by atoms with van der Waals surface area (Å²) < 4.78 is 0. The zero-order valence-corrected chi connectivity index (χ0v) is 11.7. The minimum absolute atomic E-state index is 0.0972. The number of primary amides is 1. The SMILES string of the molecule is NC(=O)C1CC(O)CN1C(=O)CC1CNc2ccccc21. The van der Waals surface area contributed by atoms with Crippen LogP contribution < -0.4 is 11.1 Å². The van der Waals surface area contributed by atoms with Crippen molar-refractivity contribution in [2.45, 2.75) is 30.9 Å². The van der Waals surface area contributed by atoms with Crippen molar-refractivity contribution in [1.29, 1.82) is 0 Å². The molecule has 1 aromatic carbocycles. The number of anilines is 1. The minimum atomic E-state index is -0.683. The summed E-state index contributed by atoms with van der Waals surface area (Å²) in [5.74, 6) is -0.580. The normalized spacial score (nSPS) is 27.3. The van der Waals surface area contributed by atoms with Gasteiger partial charge in [-0.2, -0.15) is 0 Å². The standard InChI is InChI=1S/C15H19N3O3/c16-15(21)13-6-10(19)8-18(13)14(20)5-9-7-17-12-4-2-1-3-11(9)12/h1-4,9-10,13,17,19H,5-8H2,(H2,16,21). The van der Waals surface area contributed by atoms with Gasteiger partial charge < -0.3 is 21.1 Å². The van der Waals surface area contributed by atoms with E-state index in [2.05, 4.69) is 5.32 Å². The van der Waals surface area contributed by atoms with Gasteiger partial charge >= 0.3 is 0 Å². The molecule has 2 heterocycles. The van der Waals surface area contributed by atoms with Gasteiger partial charge in [-0.15, -0.1) is 0 Å². The molecule has 1 fully saturated rings. The molecule has 0 saturated carbocycles. The number of hydrogen-bond acceptors (Lipinski definition) is 4. The zero-order valence-electron chi connectivity index (χ0n) is 11.7. The third kappa shape index (κ3) is 2.58. The molecule has 2 amide bonds. The van der Waals surface area contributed by atoms with Crippen LogP contribution in [-0.2, 0) is 9.59 Å². The van der Waals surface area contributed by atoms with Crippen molar-refractivity contribution < 1.29 is 14.7 Å². The van der Waals surface area contributed by atoms with Gasteiger partial charge in [0.2, 0.25) is 11.8 Å².